The first-order valence-corrected chi connectivity index (χ1v) is 7.68. The van der Waals surface area contributed by atoms with Crippen molar-refractivity contribution < 1.29 is 9.53 Å². The number of rotatable bonds is 4. The van der Waals surface area contributed by atoms with Crippen molar-refractivity contribution in [1.82, 2.24) is 0 Å². The number of carbonyl (C=O) groups is 1. The molecule has 2 fully saturated rings. The fraction of sp³-hybridized carbons (Fsp3) is 0.588. The third-order valence-electron chi connectivity index (χ3n) is 4.82. The summed E-state index contributed by atoms with van der Waals surface area (Å²) in [5, 5.41) is 0. The lowest BCUT2D eigenvalue weighted by Gasteiger charge is -2.46. The molecule has 1 aliphatic heterocycles. The lowest BCUT2D eigenvalue weighted by molar-refractivity contribution is -0.155. The summed E-state index contributed by atoms with van der Waals surface area (Å²) in [6, 6.07) is 7.84. The Bertz CT molecular complexity index is 494. The van der Waals surface area contributed by atoms with Crippen molar-refractivity contribution in [2.45, 2.75) is 50.5 Å². The van der Waals surface area contributed by atoms with E-state index in [0.717, 1.165) is 50.0 Å². The van der Waals surface area contributed by atoms with E-state index in [0.29, 0.717) is 12.2 Å². The summed E-state index contributed by atoms with van der Waals surface area (Å²) in [5.41, 5.74) is 7.76. The van der Waals surface area contributed by atoms with Gasteiger partial charge in [0.25, 0.3) is 0 Å². The molecule has 2 N–H and O–H groups in total. The minimum Gasteiger partial charge on any atom is -0.399 e. The van der Waals surface area contributed by atoms with Crippen molar-refractivity contribution in [2.24, 2.45) is 5.92 Å². The zero-order valence-corrected chi connectivity index (χ0v) is 11.9. The van der Waals surface area contributed by atoms with Gasteiger partial charge in [0.2, 0.25) is 0 Å². The van der Waals surface area contributed by atoms with Crippen LogP contribution in [0.4, 0.5) is 5.69 Å². The van der Waals surface area contributed by atoms with Crippen molar-refractivity contribution in [3.63, 3.8) is 0 Å². The van der Waals surface area contributed by atoms with Crippen LogP contribution in [0.25, 0.3) is 0 Å². The highest BCUT2D eigenvalue weighted by atomic mass is 16.5. The van der Waals surface area contributed by atoms with E-state index in [4.69, 9.17) is 10.5 Å². The lowest BCUT2D eigenvalue weighted by Crippen LogP contribution is -2.47. The summed E-state index contributed by atoms with van der Waals surface area (Å²) < 4.78 is 5.89. The Kier molecular flexibility index (Phi) is 3.79. The summed E-state index contributed by atoms with van der Waals surface area (Å²) in [4.78, 5) is 12.4. The molecule has 1 aromatic carbocycles. The highest BCUT2D eigenvalue weighted by molar-refractivity contribution is 5.81. The van der Waals surface area contributed by atoms with E-state index in [1.165, 1.54) is 6.42 Å². The predicted octanol–water partition coefficient (Wildman–Crippen LogP) is 3.12. The smallest absolute Gasteiger partial charge is 0.136 e. The van der Waals surface area contributed by atoms with Gasteiger partial charge in [-0.15, -0.1) is 0 Å². The lowest BCUT2D eigenvalue weighted by atomic mass is 9.71. The van der Waals surface area contributed by atoms with Crippen LogP contribution in [0.15, 0.2) is 24.3 Å². The molecule has 0 radical (unpaired) electrons. The number of anilines is 1. The molecule has 3 nitrogen and oxygen atoms in total. The molecule has 1 unspecified atom stereocenters. The van der Waals surface area contributed by atoms with Crippen molar-refractivity contribution in [1.29, 1.82) is 0 Å². The maximum Gasteiger partial charge on any atom is 0.136 e. The van der Waals surface area contributed by atoms with Gasteiger partial charge >= 0.3 is 0 Å². The minimum atomic E-state index is 0.0652. The van der Waals surface area contributed by atoms with Crippen molar-refractivity contribution in [2.75, 3.05) is 12.3 Å². The topological polar surface area (TPSA) is 52.3 Å². The number of carbonyl (C=O) groups excluding carboxylic acids is 1. The Morgan fingerprint density at radius 1 is 1.40 bits per heavy atom. The first-order valence-electron chi connectivity index (χ1n) is 7.68. The van der Waals surface area contributed by atoms with Crippen LogP contribution < -0.4 is 5.73 Å². The fourth-order valence-corrected chi connectivity index (χ4v) is 3.44. The molecule has 1 aromatic rings. The fourth-order valence-electron chi connectivity index (χ4n) is 3.44. The number of ketones is 1. The molecule has 3 rings (SSSR count). The van der Waals surface area contributed by atoms with E-state index in [-0.39, 0.29) is 11.5 Å². The second-order valence-corrected chi connectivity index (χ2v) is 6.29. The van der Waals surface area contributed by atoms with Gasteiger partial charge in [-0.05, 0) is 56.2 Å². The van der Waals surface area contributed by atoms with Gasteiger partial charge in [-0.3, -0.25) is 4.79 Å². The largest absolute Gasteiger partial charge is 0.399 e. The van der Waals surface area contributed by atoms with Crippen molar-refractivity contribution in [3.05, 3.63) is 29.8 Å². The van der Waals surface area contributed by atoms with Gasteiger partial charge in [-0.1, -0.05) is 12.1 Å². The highest BCUT2D eigenvalue weighted by Gasteiger charge is 2.43. The van der Waals surface area contributed by atoms with Gasteiger partial charge < -0.3 is 10.5 Å². The van der Waals surface area contributed by atoms with Crippen LogP contribution in [0.2, 0.25) is 0 Å². The molecule has 0 amide bonds. The standard InChI is InChI=1S/C17H23NO2/c18-15-4-1-3-13(11-15)5-6-16(19)14-7-10-20-17(12-14)8-2-9-17/h1,3-4,11,14H,2,5-10,12,18H2. The third kappa shape index (κ3) is 2.88. The van der Waals surface area contributed by atoms with Crippen LogP contribution in [0.3, 0.4) is 0 Å². The number of benzene rings is 1. The molecule has 1 heterocycles. The summed E-state index contributed by atoms with van der Waals surface area (Å²) in [6.45, 7) is 0.759. The Labute approximate surface area is 120 Å². The molecule has 1 saturated carbocycles. The molecular weight excluding hydrogens is 250 g/mol. The Hall–Kier alpha value is -1.35. The molecule has 20 heavy (non-hydrogen) atoms. The normalized spacial score (nSPS) is 24.3. The van der Waals surface area contributed by atoms with Gasteiger partial charge in [0, 0.05) is 24.6 Å². The minimum absolute atomic E-state index is 0.0652. The average Bonchev–Trinajstić information content (AvgIpc) is 2.43. The molecule has 1 saturated heterocycles. The quantitative estimate of drug-likeness (QED) is 0.858. The van der Waals surface area contributed by atoms with Gasteiger partial charge in [-0.2, -0.15) is 0 Å². The van der Waals surface area contributed by atoms with Gasteiger partial charge in [0.15, 0.2) is 0 Å². The Morgan fingerprint density at radius 3 is 2.95 bits per heavy atom. The monoisotopic (exact) mass is 273 g/mol. The molecule has 0 aromatic heterocycles. The number of nitrogens with two attached hydrogens (primary N) is 1. The molecular formula is C17H23NO2. The molecule has 2 aliphatic rings. The van der Waals surface area contributed by atoms with Crippen LogP contribution in [0.1, 0.15) is 44.1 Å². The SMILES string of the molecule is Nc1cccc(CCC(=O)C2CCOC3(CCC3)C2)c1. The second kappa shape index (κ2) is 5.57. The summed E-state index contributed by atoms with van der Waals surface area (Å²) in [6.07, 6.45) is 6.82. The zero-order chi connectivity index (χ0) is 14.0. The first kappa shape index (κ1) is 13.6. The first-order chi connectivity index (χ1) is 9.67. The molecule has 1 atom stereocenters. The maximum atomic E-state index is 12.4. The van der Waals surface area contributed by atoms with E-state index in [1.807, 2.05) is 24.3 Å². The predicted molar refractivity (Wildman–Crippen MR) is 79.4 cm³/mol. The van der Waals surface area contributed by atoms with Crippen molar-refractivity contribution >= 4 is 11.5 Å². The van der Waals surface area contributed by atoms with Crippen LogP contribution in [0, 0.1) is 5.92 Å². The number of hydrogen-bond acceptors (Lipinski definition) is 3. The van der Waals surface area contributed by atoms with Crippen LogP contribution in [0.5, 0.6) is 0 Å². The van der Waals surface area contributed by atoms with E-state index in [9.17, 15) is 4.79 Å². The van der Waals surface area contributed by atoms with Gasteiger partial charge in [-0.25, -0.2) is 0 Å². The summed E-state index contributed by atoms with van der Waals surface area (Å²) in [7, 11) is 0. The van der Waals surface area contributed by atoms with Crippen LogP contribution in [-0.2, 0) is 16.0 Å². The molecule has 3 heteroatoms. The number of hydrogen-bond donors (Lipinski definition) is 1. The van der Waals surface area contributed by atoms with Crippen LogP contribution >= 0.6 is 0 Å². The molecule has 0 bridgehead atoms. The number of ether oxygens (including phenoxy) is 1. The van der Waals surface area contributed by atoms with Crippen LogP contribution in [-0.4, -0.2) is 18.0 Å². The zero-order valence-electron chi connectivity index (χ0n) is 11.9. The van der Waals surface area contributed by atoms with Gasteiger partial charge in [0.1, 0.15) is 5.78 Å². The van der Waals surface area contributed by atoms with E-state index in [2.05, 4.69) is 0 Å². The summed E-state index contributed by atoms with van der Waals surface area (Å²) >= 11 is 0. The number of nitrogen functional groups attached to an aromatic ring is 1. The number of aryl methyl sites for hydroxylation is 1. The van der Waals surface area contributed by atoms with Gasteiger partial charge in [0.05, 0.1) is 5.60 Å². The van der Waals surface area contributed by atoms with Crippen molar-refractivity contribution in [3.8, 4) is 0 Å². The average molecular weight is 273 g/mol. The Morgan fingerprint density at radius 2 is 2.25 bits per heavy atom. The molecule has 1 spiro atoms. The summed E-state index contributed by atoms with van der Waals surface area (Å²) in [5.74, 6) is 0.618. The van der Waals surface area contributed by atoms with E-state index >= 15 is 0 Å². The molecule has 108 valence electrons. The third-order valence-corrected chi connectivity index (χ3v) is 4.82. The number of Topliss-reactive ketones (excluding diaryl/α,β-unsaturated/α-hetero) is 1. The van der Waals surface area contributed by atoms with E-state index in [1.54, 1.807) is 0 Å². The highest BCUT2D eigenvalue weighted by Crippen LogP contribution is 2.44. The molecule has 1 aliphatic carbocycles. The second-order valence-electron chi connectivity index (χ2n) is 6.29. The Balaban J connectivity index is 1.54. The maximum absolute atomic E-state index is 12.4. The van der Waals surface area contributed by atoms with E-state index < -0.39 is 0 Å².